The third kappa shape index (κ3) is 3.34. The molecule has 1 aromatic carbocycles. The van der Waals surface area contributed by atoms with E-state index in [1.165, 1.54) is 0 Å². The highest BCUT2D eigenvalue weighted by Crippen LogP contribution is 2.35. The second-order valence-corrected chi connectivity index (χ2v) is 4.43. The van der Waals surface area contributed by atoms with Crippen molar-refractivity contribution in [2.45, 2.75) is 13.0 Å². The molecule has 0 aliphatic heterocycles. The van der Waals surface area contributed by atoms with E-state index in [0.29, 0.717) is 18.0 Å². The molecule has 4 nitrogen and oxygen atoms in total. The molecule has 0 amide bonds. The maximum atomic E-state index is 5.77. The van der Waals surface area contributed by atoms with Gasteiger partial charge in [-0.15, -0.1) is 0 Å². The first-order valence-electron chi connectivity index (χ1n) is 5.52. The summed E-state index contributed by atoms with van der Waals surface area (Å²) in [5.74, 6) is 1.41. The molecule has 0 aliphatic rings. The molecular weight excluding hydrogens is 284 g/mol. The molecule has 3 N–H and O–H groups in total. The van der Waals surface area contributed by atoms with Crippen molar-refractivity contribution in [3.8, 4) is 11.5 Å². The molecule has 0 heterocycles. The van der Waals surface area contributed by atoms with Crippen LogP contribution in [0.25, 0.3) is 0 Å². The Morgan fingerprint density at radius 3 is 2.35 bits per heavy atom. The summed E-state index contributed by atoms with van der Waals surface area (Å²) in [4.78, 5) is 0. The fourth-order valence-corrected chi connectivity index (χ4v) is 2.30. The van der Waals surface area contributed by atoms with Crippen molar-refractivity contribution in [1.29, 1.82) is 0 Å². The van der Waals surface area contributed by atoms with Gasteiger partial charge in [0.15, 0.2) is 11.5 Å². The van der Waals surface area contributed by atoms with Crippen molar-refractivity contribution in [2.75, 3.05) is 27.3 Å². The first-order chi connectivity index (χ1) is 8.17. The molecule has 1 aromatic rings. The number of ether oxygens (including phenoxy) is 2. The summed E-state index contributed by atoms with van der Waals surface area (Å²) >= 11 is 3.53. The Bertz CT molecular complexity index is 372. The number of methoxy groups -OCH3 is 2. The molecule has 0 radical (unpaired) electrons. The molecular formula is C12H19BrN2O2. The second-order valence-electron chi connectivity index (χ2n) is 3.57. The van der Waals surface area contributed by atoms with E-state index in [0.717, 1.165) is 16.6 Å². The molecule has 96 valence electrons. The lowest BCUT2D eigenvalue weighted by molar-refractivity contribution is 0.353. The van der Waals surface area contributed by atoms with Gasteiger partial charge in [0.05, 0.1) is 14.2 Å². The minimum absolute atomic E-state index is 0.106. The van der Waals surface area contributed by atoms with Gasteiger partial charge in [0.2, 0.25) is 0 Å². The first kappa shape index (κ1) is 14.3. The largest absolute Gasteiger partial charge is 0.493 e. The molecule has 0 saturated heterocycles. The Morgan fingerprint density at radius 2 is 1.88 bits per heavy atom. The lowest BCUT2D eigenvalue weighted by Gasteiger charge is -2.19. The van der Waals surface area contributed by atoms with Crippen LogP contribution in [-0.4, -0.2) is 27.3 Å². The number of nitrogens with two attached hydrogens (primary N) is 1. The van der Waals surface area contributed by atoms with Gasteiger partial charge in [-0.25, -0.2) is 0 Å². The summed E-state index contributed by atoms with van der Waals surface area (Å²) in [6, 6.07) is 3.95. The van der Waals surface area contributed by atoms with Gasteiger partial charge >= 0.3 is 0 Å². The van der Waals surface area contributed by atoms with Gasteiger partial charge in [0, 0.05) is 17.1 Å². The predicted octanol–water partition coefficient (Wildman–Crippen LogP) is 2.08. The molecule has 0 bridgehead atoms. The van der Waals surface area contributed by atoms with Crippen LogP contribution in [0.3, 0.4) is 0 Å². The highest BCUT2D eigenvalue weighted by atomic mass is 79.9. The Labute approximate surface area is 111 Å². The van der Waals surface area contributed by atoms with Crippen LogP contribution in [0.15, 0.2) is 16.6 Å². The molecule has 1 unspecified atom stereocenters. The maximum Gasteiger partial charge on any atom is 0.161 e. The average molecular weight is 303 g/mol. The van der Waals surface area contributed by atoms with Crippen molar-refractivity contribution in [3.05, 3.63) is 22.2 Å². The van der Waals surface area contributed by atoms with Gasteiger partial charge in [-0.3, -0.25) is 0 Å². The van der Waals surface area contributed by atoms with E-state index in [2.05, 4.69) is 28.2 Å². The minimum atomic E-state index is 0.106. The number of likely N-dealkylation sites (N-methyl/N-ethyl adjacent to an activating group) is 1. The van der Waals surface area contributed by atoms with Crippen molar-refractivity contribution in [1.82, 2.24) is 5.32 Å². The standard InChI is InChI=1S/C12H19BrN2O2/c1-4-15-10(7-14)8-5-11(16-2)12(17-3)6-9(8)13/h5-6,10,15H,4,7,14H2,1-3H3. The molecule has 1 rings (SSSR count). The summed E-state index contributed by atoms with van der Waals surface area (Å²) < 4.78 is 11.5. The summed E-state index contributed by atoms with van der Waals surface area (Å²) in [7, 11) is 3.24. The highest BCUT2D eigenvalue weighted by molar-refractivity contribution is 9.10. The minimum Gasteiger partial charge on any atom is -0.493 e. The van der Waals surface area contributed by atoms with Gasteiger partial charge in [-0.05, 0) is 24.2 Å². The topological polar surface area (TPSA) is 56.5 Å². The summed E-state index contributed by atoms with van der Waals surface area (Å²) in [5.41, 5.74) is 6.84. The molecule has 0 fully saturated rings. The average Bonchev–Trinajstić information content (AvgIpc) is 2.36. The van der Waals surface area contributed by atoms with Crippen LogP contribution in [-0.2, 0) is 0 Å². The zero-order chi connectivity index (χ0) is 12.8. The van der Waals surface area contributed by atoms with E-state index >= 15 is 0 Å². The third-order valence-electron chi connectivity index (χ3n) is 2.56. The van der Waals surface area contributed by atoms with Gasteiger partial charge in [0.25, 0.3) is 0 Å². The molecule has 0 saturated carbocycles. The Balaban J connectivity index is 3.14. The molecule has 1 atom stereocenters. The number of hydrogen-bond acceptors (Lipinski definition) is 4. The van der Waals surface area contributed by atoms with Gasteiger partial charge in [-0.2, -0.15) is 0 Å². The maximum absolute atomic E-state index is 5.77. The normalized spacial score (nSPS) is 12.3. The van der Waals surface area contributed by atoms with Crippen LogP contribution < -0.4 is 20.5 Å². The zero-order valence-electron chi connectivity index (χ0n) is 10.4. The highest BCUT2D eigenvalue weighted by Gasteiger charge is 2.16. The summed E-state index contributed by atoms with van der Waals surface area (Å²) in [6.45, 7) is 3.45. The lowest BCUT2D eigenvalue weighted by Crippen LogP contribution is -2.28. The van der Waals surface area contributed by atoms with Crippen LogP contribution in [0.2, 0.25) is 0 Å². The Morgan fingerprint density at radius 1 is 1.29 bits per heavy atom. The van der Waals surface area contributed by atoms with E-state index in [-0.39, 0.29) is 6.04 Å². The van der Waals surface area contributed by atoms with E-state index in [9.17, 15) is 0 Å². The van der Waals surface area contributed by atoms with Crippen molar-refractivity contribution in [3.63, 3.8) is 0 Å². The first-order valence-corrected chi connectivity index (χ1v) is 6.32. The molecule has 0 aliphatic carbocycles. The van der Waals surface area contributed by atoms with E-state index in [1.807, 2.05) is 12.1 Å². The van der Waals surface area contributed by atoms with Crippen molar-refractivity contribution >= 4 is 15.9 Å². The smallest absolute Gasteiger partial charge is 0.161 e. The fourth-order valence-electron chi connectivity index (χ4n) is 1.70. The number of hydrogen-bond donors (Lipinski definition) is 2. The lowest BCUT2D eigenvalue weighted by atomic mass is 10.1. The SMILES string of the molecule is CCNC(CN)c1cc(OC)c(OC)cc1Br. The van der Waals surface area contributed by atoms with Gasteiger partial charge in [0.1, 0.15) is 0 Å². The number of halogens is 1. The molecule has 0 aromatic heterocycles. The van der Waals surface area contributed by atoms with Crippen LogP contribution in [0.1, 0.15) is 18.5 Å². The number of benzene rings is 1. The predicted molar refractivity (Wildman–Crippen MR) is 72.7 cm³/mol. The summed E-state index contributed by atoms with van der Waals surface area (Å²) in [5, 5.41) is 3.33. The zero-order valence-corrected chi connectivity index (χ0v) is 12.0. The van der Waals surface area contributed by atoms with E-state index in [4.69, 9.17) is 15.2 Å². The van der Waals surface area contributed by atoms with Gasteiger partial charge in [-0.1, -0.05) is 22.9 Å². The molecule has 5 heteroatoms. The Hall–Kier alpha value is -0.780. The van der Waals surface area contributed by atoms with Crippen molar-refractivity contribution in [2.24, 2.45) is 5.73 Å². The van der Waals surface area contributed by atoms with Crippen LogP contribution >= 0.6 is 15.9 Å². The van der Waals surface area contributed by atoms with Crippen LogP contribution in [0.5, 0.6) is 11.5 Å². The molecule has 0 spiro atoms. The van der Waals surface area contributed by atoms with Crippen LogP contribution in [0, 0.1) is 0 Å². The fraction of sp³-hybridized carbons (Fsp3) is 0.500. The van der Waals surface area contributed by atoms with E-state index in [1.54, 1.807) is 14.2 Å². The Kier molecular flexibility index (Phi) is 5.74. The second kappa shape index (κ2) is 6.83. The summed E-state index contributed by atoms with van der Waals surface area (Å²) in [6.07, 6.45) is 0. The number of rotatable bonds is 6. The molecule has 17 heavy (non-hydrogen) atoms. The monoisotopic (exact) mass is 302 g/mol. The third-order valence-corrected chi connectivity index (χ3v) is 3.25. The van der Waals surface area contributed by atoms with Crippen LogP contribution in [0.4, 0.5) is 0 Å². The van der Waals surface area contributed by atoms with Crippen molar-refractivity contribution < 1.29 is 9.47 Å². The number of nitrogens with one attached hydrogen (secondary N) is 1. The quantitative estimate of drug-likeness (QED) is 0.845. The van der Waals surface area contributed by atoms with Gasteiger partial charge < -0.3 is 20.5 Å². The van der Waals surface area contributed by atoms with E-state index < -0.39 is 0 Å².